The van der Waals surface area contributed by atoms with E-state index in [0.717, 1.165) is 25.7 Å². The van der Waals surface area contributed by atoms with Crippen LogP contribution >= 0.6 is 0 Å². The zero-order valence-electron chi connectivity index (χ0n) is 21.8. The number of hydrogen-bond donors (Lipinski definition) is 3. The third-order valence-corrected chi connectivity index (χ3v) is 7.21. The van der Waals surface area contributed by atoms with Gasteiger partial charge in [0.1, 0.15) is 0 Å². The zero-order valence-corrected chi connectivity index (χ0v) is 21.8. The molecule has 0 aromatic carbocycles. The maximum atomic E-state index is 12.2. The molecule has 198 valence electrons. The van der Waals surface area contributed by atoms with E-state index in [9.17, 15) is 29.7 Å². The average molecular weight is 485 g/mol. The fourth-order valence-electron chi connectivity index (χ4n) is 5.54. The highest BCUT2D eigenvalue weighted by molar-refractivity contribution is 5.78. The summed E-state index contributed by atoms with van der Waals surface area (Å²) in [6.07, 6.45) is 15.9. The van der Waals surface area contributed by atoms with Gasteiger partial charge >= 0.3 is 17.9 Å². The van der Waals surface area contributed by atoms with Crippen molar-refractivity contribution < 1.29 is 34.2 Å². The molecule has 3 unspecified atom stereocenters. The molecule has 0 bridgehead atoms. The van der Waals surface area contributed by atoms with Crippen LogP contribution in [-0.2, 0) is 14.4 Å². The van der Waals surface area contributed by atoms with Gasteiger partial charge in [0, 0.05) is 19.3 Å². The molecular formula is C27H50NO6+. The smallest absolute Gasteiger partial charge is 0.362 e. The van der Waals surface area contributed by atoms with Gasteiger partial charge in [-0.05, 0) is 25.7 Å². The predicted molar refractivity (Wildman–Crippen MR) is 136 cm³/mol. The topological polar surface area (TPSA) is 112 Å². The second-order valence-electron chi connectivity index (χ2n) is 9.47. The molecule has 0 fully saturated rings. The van der Waals surface area contributed by atoms with E-state index < -0.39 is 40.5 Å². The van der Waals surface area contributed by atoms with Crippen LogP contribution in [0.5, 0.6) is 0 Å². The van der Waals surface area contributed by atoms with Crippen LogP contribution in [0.25, 0.3) is 0 Å². The summed E-state index contributed by atoms with van der Waals surface area (Å²) in [5.41, 5.74) is 0. The van der Waals surface area contributed by atoms with E-state index in [1.807, 2.05) is 6.08 Å². The first-order valence-corrected chi connectivity index (χ1v) is 13.4. The van der Waals surface area contributed by atoms with Crippen molar-refractivity contribution in [1.29, 1.82) is 0 Å². The third kappa shape index (κ3) is 10.2. The molecule has 3 atom stereocenters. The van der Waals surface area contributed by atoms with Crippen LogP contribution in [0.2, 0.25) is 0 Å². The van der Waals surface area contributed by atoms with E-state index in [1.165, 1.54) is 44.9 Å². The van der Waals surface area contributed by atoms with E-state index >= 15 is 0 Å². The van der Waals surface area contributed by atoms with Gasteiger partial charge in [-0.1, -0.05) is 78.2 Å². The Morgan fingerprint density at radius 3 is 1.18 bits per heavy atom. The van der Waals surface area contributed by atoms with Crippen molar-refractivity contribution in [2.24, 2.45) is 0 Å². The maximum Gasteiger partial charge on any atom is 0.362 e. The fourth-order valence-corrected chi connectivity index (χ4v) is 5.54. The summed E-state index contributed by atoms with van der Waals surface area (Å²) >= 11 is 0. The molecule has 0 saturated carbocycles. The molecule has 0 aliphatic rings. The van der Waals surface area contributed by atoms with Gasteiger partial charge in [-0.25, -0.2) is 14.4 Å². The van der Waals surface area contributed by atoms with Crippen LogP contribution in [0.4, 0.5) is 0 Å². The van der Waals surface area contributed by atoms with Gasteiger partial charge in [-0.2, -0.15) is 0 Å². The van der Waals surface area contributed by atoms with Gasteiger partial charge in [0.25, 0.3) is 0 Å². The Morgan fingerprint density at radius 2 is 0.912 bits per heavy atom. The summed E-state index contributed by atoms with van der Waals surface area (Å²) in [4.78, 5) is 36.6. The minimum Gasteiger partial charge on any atom is -0.477 e. The van der Waals surface area contributed by atoms with Gasteiger partial charge in [-0.15, -0.1) is 6.58 Å². The van der Waals surface area contributed by atoms with Crippen molar-refractivity contribution in [2.75, 3.05) is 6.54 Å². The minimum absolute atomic E-state index is 0.191. The summed E-state index contributed by atoms with van der Waals surface area (Å²) < 4.78 is -0.407. The molecule has 0 aliphatic carbocycles. The Bertz CT molecular complexity index is 551. The highest BCUT2D eigenvalue weighted by atomic mass is 16.4. The number of carbonyl (C=O) groups is 3. The van der Waals surface area contributed by atoms with Gasteiger partial charge < -0.3 is 15.3 Å². The highest BCUT2D eigenvalue weighted by Gasteiger charge is 2.55. The van der Waals surface area contributed by atoms with Crippen molar-refractivity contribution in [3.63, 3.8) is 0 Å². The lowest BCUT2D eigenvalue weighted by Crippen LogP contribution is -2.72. The van der Waals surface area contributed by atoms with Crippen LogP contribution in [0.1, 0.15) is 117 Å². The first-order chi connectivity index (χ1) is 16.2. The number of quaternary nitrogens is 1. The maximum absolute atomic E-state index is 12.2. The molecule has 34 heavy (non-hydrogen) atoms. The standard InChI is InChI=1S/C27H49NO6/c1-5-9-10-11-12-13-14-15-16-17-18-19-20-21-28(22(6-2)25(29)30,23(7-3)26(31)32)24(8-4)27(33)34/h5,22-24H,1,6-21H2,2-4H3,(H2-,29,30,31,32,33,34)/p+1. The van der Waals surface area contributed by atoms with E-state index in [1.54, 1.807) is 20.8 Å². The van der Waals surface area contributed by atoms with Crippen LogP contribution in [0, 0.1) is 0 Å². The lowest BCUT2D eigenvalue weighted by atomic mass is 9.93. The van der Waals surface area contributed by atoms with Crippen molar-refractivity contribution in [3.8, 4) is 0 Å². The summed E-state index contributed by atoms with van der Waals surface area (Å²) in [5.74, 6) is -3.36. The first-order valence-electron chi connectivity index (χ1n) is 13.4. The summed E-state index contributed by atoms with van der Waals surface area (Å²) in [7, 11) is 0. The molecule has 7 nitrogen and oxygen atoms in total. The molecule has 0 heterocycles. The van der Waals surface area contributed by atoms with Crippen molar-refractivity contribution in [2.45, 2.75) is 135 Å². The lowest BCUT2D eigenvalue weighted by Gasteiger charge is -2.49. The molecule has 0 aromatic heterocycles. The average Bonchev–Trinajstić information content (AvgIpc) is 2.77. The Labute approximate surface area is 206 Å². The minimum atomic E-state index is -1.12. The second-order valence-corrected chi connectivity index (χ2v) is 9.47. The number of nitrogens with zero attached hydrogens (tertiary/aromatic N) is 1. The highest BCUT2D eigenvalue weighted by Crippen LogP contribution is 2.32. The van der Waals surface area contributed by atoms with Crippen LogP contribution < -0.4 is 0 Å². The van der Waals surface area contributed by atoms with Crippen LogP contribution in [0.3, 0.4) is 0 Å². The monoisotopic (exact) mass is 484 g/mol. The largest absolute Gasteiger partial charge is 0.477 e. The van der Waals surface area contributed by atoms with E-state index in [4.69, 9.17) is 0 Å². The van der Waals surface area contributed by atoms with Crippen molar-refractivity contribution >= 4 is 17.9 Å². The first kappa shape index (κ1) is 32.1. The summed E-state index contributed by atoms with van der Waals surface area (Å²) in [6.45, 7) is 9.11. The fraction of sp³-hybridized carbons (Fsp3) is 0.815. The normalized spacial score (nSPS) is 15.7. The van der Waals surface area contributed by atoms with Gasteiger partial charge in [0.2, 0.25) is 0 Å². The van der Waals surface area contributed by atoms with Gasteiger partial charge in [0.15, 0.2) is 18.1 Å². The van der Waals surface area contributed by atoms with Crippen LogP contribution in [0.15, 0.2) is 12.7 Å². The predicted octanol–water partition coefficient (Wildman–Crippen LogP) is 6.26. The molecule has 0 saturated heterocycles. The lowest BCUT2D eigenvalue weighted by molar-refractivity contribution is -0.973. The number of allylic oxidation sites excluding steroid dienone is 1. The molecular weight excluding hydrogens is 434 g/mol. The number of rotatable bonds is 23. The quantitative estimate of drug-likeness (QED) is 0.0896. The van der Waals surface area contributed by atoms with Crippen molar-refractivity contribution in [1.82, 2.24) is 0 Å². The Morgan fingerprint density at radius 1 is 0.618 bits per heavy atom. The molecule has 7 heteroatoms. The summed E-state index contributed by atoms with van der Waals surface area (Å²) in [5, 5.41) is 29.9. The number of carboxylic acid groups (broad SMARTS) is 3. The van der Waals surface area contributed by atoms with Crippen LogP contribution in [-0.4, -0.2) is 62.4 Å². The summed E-state index contributed by atoms with van der Waals surface area (Å²) in [6, 6.07) is -3.18. The van der Waals surface area contributed by atoms with E-state index in [2.05, 4.69) is 6.58 Å². The zero-order chi connectivity index (χ0) is 26.0. The third-order valence-electron chi connectivity index (χ3n) is 7.21. The SMILES string of the molecule is C=CCCCCCCCCCCCCC[N+](C(CC)C(=O)O)(C(CC)C(=O)O)C(CC)C(=O)O. The van der Waals surface area contributed by atoms with E-state index in [0.29, 0.717) is 6.42 Å². The molecule has 0 radical (unpaired) electrons. The van der Waals surface area contributed by atoms with Crippen molar-refractivity contribution in [3.05, 3.63) is 12.7 Å². The molecule has 0 aromatic rings. The number of unbranched alkanes of at least 4 members (excludes halogenated alkanes) is 11. The molecule has 0 amide bonds. The Kier molecular flexibility index (Phi) is 17.4. The Hall–Kier alpha value is -1.89. The Balaban J connectivity index is 5.03. The van der Waals surface area contributed by atoms with E-state index in [-0.39, 0.29) is 25.8 Å². The molecule has 0 rings (SSSR count). The molecule has 3 N–H and O–H groups in total. The molecule has 0 spiro atoms. The second kappa shape index (κ2) is 18.4. The number of hydrogen-bond acceptors (Lipinski definition) is 3. The molecule has 0 aliphatic heterocycles. The number of carboxylic acids is 3. The van der Waals surface area contributed by atoms with Gasteiger partial charge in [-0.3, -0.25) is 4.48 Å². The van der Waals surface area contributed by atoms with Gasteiger partial charge in [0.05, 0.1) is 6.54 Å². The number of aliphatic carboxylic acids is 3.